The van der Waals surface area contributed by atoms with Crippen LogP contribution in [0.2, 0.25) is 0 Å². The molecular weight excluding hydrogens is 378 g/mol. The van der Waals surface area contributed by atoms with Crippen molar-refractivity contribution >= 4 is 28.3 Å². The van der Waals surface area contributed by atoms with Crippen LogP contribution in [0.4, 0.5) is 5.95 Å². The first-order valence-corrected chi connectivity index (χ1v) is 10.3. The van der Waals surface area contributed by atoms with Crippen molar-refractivity contribution < 1.29 is 0 Å². The van der Waals surface area contributed by atoms with E-state index in [1.54, 1.807) is 17.5 Å². The van der Waals surface area contributed by atoms with E-state index in [4.69, 9.17) is 4.98 Å². The van der Waals surface area contributed by atoms with Gasteiger partial charge in [0.1, 0.15) is 12.1 Å². The third-order valence-corrected chi connectivity index (χ3v) is 5.80. The lowest BCUT2D eigenvalue weighted by molar-refractivity contribution is 0.854. The highest BCUT2D eigenvalue weighted by molar-refractivity contribution is 7.13. The fraction of sp³-hybridized carbons (Fsp3) is 0.0870. The molecule has 0 radical (unpaired) electrons. The number of benzene rings is 2. The average molecular weight is 398 g/mol. The SMILES string of the molecule is C[C@H](Nc1nccc(-n2cnc3cc(-c4cccs4)ccc32)n1)c1ccccc1. The highest BCUT2D eigenvalue weighted by Crippen LogP contribution is 2.28. The largest absolute Gasteiger partial charge is 0.348 e. The molecule has 5 aromatic rings. The summed E-state index contributed by atoms with van der Waals surface area (Å²) in [7, 11) is 0. The molecule has 3 aromatic heterocycles. The summed E-state index contributed by atoms with van der Waals surface area (Å²) >= 11 is 1.73. The Morgan fingerprint density at radius 1 is 0.966 bits per heavy atom. The molecule has 0 amide bonds. The van der Waals surface area contributed by atoms with Gasteiger partial charge in [0, 0.05) is 11.1 Å². The topological polar surface area (TPSA) is 55.6 Å². The Kier molecular flexibility index (Phi) is 4.54. The Morgan fingerprint density at radius 2 is 1.86 bits per heavy atom. The van der Waals surface area contributed by atoms with Gasteiger partial charge in [0.25, 0.3) is 0 Å². The molecule has 142 valence electrons. The zero-order valence-corrected chi connectivity index (χ0v) is 16.7. The molecule has 0 saturated heterocycles. The summed E-state index contributed by atoms with van der Waals surface area (Å²) < 4.78 is 1.99. The predicted octanol–water partition coefficient (Wildman–Crippen LogP) is 5.72. The summed E-state index contributed by atoms with van der Waals surface area (Å²) in [6.07, 6.45) is 3.59. The molecule has 1 N–H and O–H groups in total. The Labute approximate surface area is 172 Å². The van der Waals surface area contributed by atoms with E-state index < -0.39 is 0 Å². The Hall–Kier alpha value is -3.51. The van der Waals surface area contributed by atoms with Gasteiger partial charge in [0.2, 0.25) is 5.95 Å². The van der Waals surface area contributed by atoms with Crippen LogP contribution < -0.4 is 5.32 Å². The van der Waals surface area contributed by atoms with E-state index in [1.807, 2.05) is 35.2 Å². The lowest BCUT2D eigenvalue weighted by Gasteiger charge is -2.14. The fourth-order valence-electron chi connectivity index (χ4n) is 3.36. The molecular formula is C23H19N5S. The molecule has 2 aromatic carbocycles. The molecule has 0 saturated carbocycles. The summed E-state index contributed by atoms with van der Waals surface area (Å²) in [4.78, 5) is 14.9. The highest BCUT2D eigenvalue weighted by Gasteiger charge is 2.11. The number of anilines is 1. The molecule has 0 aliphatic carbocycles. The first-order valence-electron chi connectivity index (χ1n) is 9.44. The third kappa shape index (κ3) is 3.50. The maximum Gasteiger partial charge on any atom is 0.225 e. The quantitative estimate of drug-likeness (QED) is 0.412. The third-order valence-electron chi connectivity index (χ3n) is 4.89. The summed E-state index contributed by atoms with van der Waals surface area (Å²) in [5.41, 5.74) is 4.34. The molecule has 29 heavy (non-hydrogen) atoms. The van der Waals surface area contributed by atoms with E-state index in [0.29, 0.717) is 5.95 Å². The van der Waals surface area contributed by atoms with Crippen LogP contribution in [0.15, 0.2) is 84.6 Å². The molecule has 0 bridgehead atoms. The van der Waals surface area contributed by atoms with Gasteiger partial charge in [-0.2, -0.15) is 4.98 Å². The number of nitrogens with zero attached hydrogens (tertiary/aromatic N) is 4. The zero-order valence-electron chi connectivity index (χ0n) is 15.9. The van der Waals surface area contributed by atoms with E-state index in [-0.39, 0.29) is 6.04 Å². The first kappa shape index (κ1) is 17.6. The Bertz CT molecular complexity index is 1250. The van der Waals surface area contributed by atoms with Gasteiger partial charge >= 0.3 is 0 Å². The van der Waals surface area contributed by atoms with Crippen LogP contribution in [0.1, 0.15) is 18.5 Å². The molecule has 3 heterocycles. The van der Waals surface area contributed by atoms with Gasteiger partial charge in [0.05, 0.1) is 17.1 Å². The van der Waals surface area contributed by atoms with Gasteiger partial charge in [-0.1, -0.05) is 42.5 Å². The van der Waals surface area contributed by atoms with Crippen molar-refractivity contribution in [1.82, 2.24) is 19.5 Å². The van der Waals surface area contributed by atoms with Crippen LogP contribution in [-0.4, -0.2) is 19.5 Å². The maximum absolute atomic E-state index is 4.71. The van der Waals surface area contributed by atoms with E-state index in [0.717, 1.165) is 16.9 Å². The summed E-state index contributed by atoms with van der Waals surface area (Å²) in [6.45, 7) is 2.10. The van der Waals surface area contributed by atoms with Gasteiger partial charge in [-0.3, -0.25) is 4.57 Å². The van der Waals surface area contributed by atoms with Crippen LogP contribution in [0.5, 0.6) is 0 Å². The normalized spacial score (nSPS) is 12.2. The zero-order chi connectivity index (χ0) is 19.6. The Balaban J connectivity index is 1.45. The molecule has 0 spiro atoms. The minimum atomic E-state index is 0.110. The second-order valence-corrected chi connectivity index (χ2v) is 7.76. The van der Waals surface area contributed by atoms with Crippen LogP contribution in [0.3, 0.4) is 0 Å². The van der Waals surface area contributed by atoms with E-state index >= 15 is 0 Å². The molecule has 1 atom stereocenters. The van der Waals surface area contributed by atoms with Crippen molar-refractivity contribution in [3.63, 3.8) is 0 Å². The van der Waals surface area contributed by atoms with Crippen LogP contribution in [-0.2, 0) is 0 Å². The van der Waals surface area contributed by atoms with Crippen LogP contribution in [0, 0.1) is 0 Å². The number of imidazole rings is 1. The van der Waals surface area contributed by atoms with Crippen molar-refractivity contribution in [3.8, 4) is 16.3 Å². The van der Waals surface area contributed by atoms with Crippen molar-refractivity contribution in [2.75, 3.05) is 5.32 Å². The standard InChI is InChI=1S/C23H19N5S/c1-16(17-6-3-2-4-7-17)26-23-24-12-11-22(27-23)28-15-25-19-14-18(9-10-20(19)28)21-8-5-13-29-21/h2-16H,1H3,(H,24,26,27)/t16-/m0/s1. The van der Waals surface area contributed by atoms with Crippen molar-refractivity contribution in [2.45, 2.75) is 13.0 Å². The van der Waals surface area contributed by atoms with Gasteiger partial charge < -0.3 is 5.32 Å². The van der Waals surface area contributed by atoms with Crippen molar-refractivity contribution in [3.05, 3.63) is 90.2 Å². The monoisotopic (exact) mass is 397 g/mol. The molecule has 5 rings (SSSR count). The van der Waals surface area contributed by atoms with E-state index in [2.05, 4.69) is 70.1 Å². The lowest BCUT2D eigenvalue weighted by Crippen LogP contribution is -2.10. The van der Waals surface area contributed by atoms with Gasteiger partial charge in [-0.15, -0.1) is 11.3 Å². The second kappa shape index (κ2) is 7.48. The summed E-state index contributed by atoms with van der Waals surface area (Å²) in [5, 5.41) is 5.47. The fourth-order valence-corrected chi connectivity index (χ4v) is 4.09. The number of fused-ring (bicyclic) bond motifs is 1. The lowest BCUT2D eigenvalue weighted by atomic mass is 10.1. The number of hydrogen-bond donors (Lipinski definition) is 1. The number of thiophene rings is 1. The van der Waals surface area contributed by atoms with Gasteiger partial charge in [-0.25, -0.2) is 9.97 Å². The van der Waals surface area contributed by atoms with Crippen molar-refractivity contribution in [2.24, 2.45) is 0 Å². The van der Waals surface area contributed by atoms with Crippen LogP contribution >= 0.6 is 11.3 Å². The second-order valence-electron chi connectivity index (χ2n) is 6.81. The smallest absolute Gasteiger partial charge is 0.225 e. The number of rotatable bonds is 5. The molecule has 0 aliphatic rings. The maximum atomic E-state index is 4.71. The number of nitrogens with one attached hydrogen (secondary N) is 1. The molecule has 6 heteroatoms. The van der Waals surface area contributed by atoms with Gasteiger partial charge in [-0.05, 0) is 47.7 Å². The summed E-state index contributed by atoms with van der Waals surface area (Å²) in [6, 6.07) is 22.8. The van der Waals surface area contributed by atoms with Gasteiger partial charge in [0.15, 0.2) is 0 Å². The number of hydrogen-bond acceptors (Lipinski definition) is 5. The minimum absolute atomic E-state index is 0.110. The summed E-state index contributed by atoms with van der Waals surface area (Å²) in [5.74, 6) is 1.38. The highest BCUT2D eigenvalue weighted by atomic mass is 32.1. The first-order chi connectivity index (χ1) is 14.3. The van der Waals surface area contributed by atoms with E-state index in [9.17, 15) is 0 Å². The number of aromatic nitrogens is 4. The molecule has 0 unspecified atom stereocenters. The molecule has 5 nitrogen and oxygen atoms in total. The van der Waals surface area contributed by atoms with Crippen LogP contribution in [0.25, 0.3) is 27.3 Å². The Morgan fingerprint density at radius 3 is 2.69 bits per heavy atom. The molecule has 0 fully saturated rings. The minimum Gasteiger partial charge on any atom is -0.348 e. The predicted molar refractivity (Wildman–Crippen MR) is 118 cm³/mol. The average Bonchev–Trinajstić information content (AvgIpc) is 3.44. The van der Waals surface area contributed by atoms with E-state index in [1.165, 1.54) is 16.0 Å². The molecule has 0 aliphatic heterocycles. The van der Waals surface area contributed by atoms with Crippen molar-refractivity contribution in [1.29, 1.82) is 0 Å².